The van der Waals surface area contributed by atoms with Crippen LogP contribution in [0.15, 0.2) is 30.6 Å². The van der Waals surface area contributed by atoms with Crippen LogP contribution in [0.1, 0.15) is 30.7 Å². The molecule has 1 heterocycles. The molecule has 0 spiro atoms. The van der Waals surface area contributed by atoms with Crippen LogP contribution < -0.4 is 5.32 Å². The van der Waals surface area contributed by atoms with Crippen LogP contribution in [-0.4, -0.2) is 16.0 Å². The van der Waals surface area contributed by atoms with Gasteiger partial charge in [-0.2, -0.15) is 13.2 Å². The van der Waals surface area contributed by atoms with Crippen LogP contribution in [0.25, 0.3) is 0 Å². The molecule has 0 bridgehead atoms. The summed E-state index contributed by atoms with van der Waals surface area (Å²) in [5.41, 5.74) is 0.915. The average molecular weight is 344 g/mol. The van der Waals surface area contributed by atoms with Gasteiger partial charge < -0.3 is 5.32 Å². The molecular formula is C16H17ClF3N3. The molecule has 2 aromatic rings. The van der Waals surface area contributed by atoms with Gasteiger partial charge in [-0.15, -0.1) is 0 Å². The monoisotopic (exact) mass is 343 g/mol. The first kappa shape index (κ1) is 17.5. The number of aromatic nitrogens is 2. The van der Waals surface area contributed by atoms with Crippen molar-refractivity contribution in [1.29, 1.82) is 0 Å². The molecule has 0 fully saturated rings. The van der Waals surface area contributed by atoms with E-state index in [2.05, 4.69) is 15.3 Å². The van der Waals surface area contributed by atoms with Crippen LogP contribution in [0.2, 0.25) is 5.02 Å². The third-order valence-electron chi connectivity index (χ3n) is 3.40. The van der Waals surface area contributed by atoms with E-state index in [1.54, 1.807) is 0 Å². The Kier molecular flexibility index (Phi) is 5.46. The zero-order chi connectivity index (χ0) is 17.0. The molecule has 0 aliphatic carbocycles. The number of halogens is 4. The van der Waals surface area contributed by atoms with Crippen molar-refractivity contribution in [3.8, 4) is 0 Å². The molecule has 0 amide bonds. The summed E-state index contributed by atoms with van der Waals surface area (Å²) in [7, 11) is 0. The number of nitrogens with one attached hydrogen (secondary N) is 1. The molecule has 1 unspecified atom stereocenters. The van der Waals surface area contributed by atoms with Crippen molar-refractivity contribution in [2.45, 2.75) is 38.9 Å². The quantitative estimate of drug-likeness (QED) is 0.851. The molecule has 1 aromatic heterocycles. The van der Waals surface area contributed by atoms with Gasteiger partial charge in [0.05, 0.1) is 11.3 Å². The van der Waals surface area contributed by atoms with E-state index in [-0.39, 0.29) is 6.04 Å². The van der Waals surface area contributed by atoms with Crippen LogP contribution in [0, 0.1) is 0 Å². The first-order valence-electron chi connectivity index (χ1n) is 7.23. The fourth-order valence-electron chi connectivity index (χ4n) is 2.22. The van der Waals surface area contributed by atoms with E-state index in [1.807, 2.05) is 13.8 Å². The molecule has 0 radical (unpaired) electrons. The third-order valence-corrected chi connectivity index (χ3v) is 3.80. The number of rotatable bonds is 5. The predicted molar refractivity (Wildman–Crippen MR) is 84.7 cm³/mol. The highest BCUT2D eigenvalue weighted by atomic mass is 35.5. The number of hydrogen-bond acceptors (Lipinski definition) is 3. The molecule has 1 atom stereocenters. The Bertz CT molecular complexity index is 657. The maximum atomic E-state index is 12.5. The van der Waals surface area contributed by atoms with Crippen molar-refractivity contribution in [3.05, 3.63) is 52.4 Å². The summed E-state index contributed by atoms with van der Waals surface area (Å²) >= 11 is 6.21. The Morgan fingerprint density at radius 3 is 2.39 bits per heavy atom. The summed E-state index contributed by atoms with van der Waals surface area (Å²) in [5.74, 6) is 0.540. The van der Waals surface area contributed by atoms with Crippen LogP contribution in [0.5, 0.6) is 0 Å². The van der Waals surface area contributed by atoms with Crippen LogP contribution in [-0.2, 0) is 19.0 Å². The van der Waals surface area contributed by atoms with Gasteiger partial charge in [0.2, 0.25) is 0 Å². The van der Waals surface area contributed by atoms with E-state index in [0.717, 1.165) is 23.4 Å². The highest BCUT2D eigenvalue weighted by molar-refractivity contribution is 6.33. The van der Waals surface area contributed by atoms with Gasteiger partial charge in [0, 0.05) is 6.04 Å². The van der Waals surface area contributed by atoms with Crippen molar-refractivity contribution in [3.63, 3.8) is 0 Å². The maximum Gasteiger partial charge on any atom is 0.416 e. The Morgan fingerprint density at radius 1 is 1.17 bits per heavy atom. The largest absolute Gasteiger partial charge is 0.416 e. The van der Waals surface area contributed by atoms with Crippen molar-refractivity contribution >= 4 is 17.4 Å². The average Bonchev–Trinajstić information content (AvgIpc) is 2.49. The number of nitrogens with zero attached hydrogens (tertiary/aromatic N) is 2. The van der Waals surface area contributed by atoms with Gasteiger partial charge in [0.15, 0.2) is 0 Å². The zero-order valence-electron chi connectivity index (χ0n) is 12.8. The van der Waals surface area contributed by atoms with E-state index in [4.69, 9.17) is 11.6 Å². The highest BCUT2D eigenvalue weighted by Crippen LogP contribution is 2.29. The lowest BCUT2D eigenvalue weighted by Crippen LogP contribution is -2.19. The first-order valence-corrected chi connectivity index (χ1v) is 7.61. The van der Waals surface area contributed by atoms with Gasteiger partial charge in [0.25, 0.3) is 0 Å². The predicted octanol–water partition coefficient (Wildman–Crippen LogP) is 4.75. The zero-order valence-corrected chi connectivity index (χ0v) is 13.5. The van der Waals surface area contributed by atoms with Gasteiger partial charge in [-0.1, -0.05) is 30.7 Å². The topological polar surface area (TPSA) is 37.8 Å². The molecule has 124 valence electrons. The van der Waals surface area contributed by atoms with E-state index in [9.17, 15) is 13.2 Å². The van der Waals surface area contributed by atoms with Gasteiger partial charge in [-0.05, 0) is 37.5 Å². The van der Waals surface area contributed by atoms with Gasteiger partial charge in [-0.3, -0.25) is 0 Å². The SMILES string of the molecule is CCc1ncnc(NC(C)Cc2ccc(C(F)(F)F)cc2)c1Cl. The lowest BCUT2D eigenvalue weighted by molar-refractivity contribution is -0.137. The second kappa shape index (κ2) is 7.17. The fraction of sp³-hybridized carbons (Fsp3) is 0.375. The molecule has 7 heteroatoms. The molecule has 1 N–H and O–H groups in total. The molecule has 2 rings (SSSR count). The number of hydrogen-bond donors (Lipinski definition) is 1. The number of aryl methyl sites for hydroxylation is 1. The standard InChI is InChI=1S/C16H17ClF3N3/c1-3-13-14(17)15(22-9-21-13)23-10(2)8-11-4-6-12(7-5-11)16(18,19)20/h4-7,9-10H,3,8H2,1-2H3,(H,21,22,23). The molecule has 1 aromatic carbocycles. The normalized spacial score (nSPS) is 13.0. The summed E-state index contributed by atoms with van der Waals surface area (Å²) in [4.78, 5) is 8.20. The lowest BCUT2D eigenvalue weighted by atomic mass is 10.0. The van der Waals surface area contributed by atoms with Crippen LogP contribution in [0.3, 0.4) is 0 Å². The van der Waals surface area contributed by atoms with Crippen molar-refractivity contribution in [2.75, 3.05) is 5.32 Å². The third kappa shape index (κ3) is 4.58. The Hall–Kier alpha value is -1.82. The van der Waals surface area contributed by atoms with E-state index in [0.29, 0.717) is 23.7 Å². The second-order valence-electron chi connectivity index (χ2n) is 5.28. The Labute approximate surface area is 137 Å². The Morgan fingerprint density at radius 2 is 1.83 bits per heavy atom. The molecule has 0 aliphatic rings. The molecule has 0 aliphatic heterocycles. The molecule has 0 saturated carbocycles. The van der Waals surface area contributed by atoms with Crippen molar-refractivity contribution in [1.82, 2.24) is 9.97 Å². The minimum atomic E-state index is -4.31. The highest BCUT2D eigenvalue weighted by Gasteiger charge is 2.29. The minimum Gasteiger partial charge on any atom is -0.366 e. The summed E-state index contributed by atoms with van der Waals surface area (Å²) in [5, 5.41) is 3.65. The molecule has 3 nitrogen and oxygen atoms in total. The van der Waals surface area contributed by atoms with Gasteiger partial charge in [-0.25, -0.2) is 9.97 Å². The summed E-state index contributed by atoms with van der Waals surface area (Å²) in [6.07, 6.45) is -1.62. The number of benzene rings is 1. The molecule has 23 heavy (non-hydrogen) atoms. The summed E-state index contributed by atoms with van der Waals surface area (Å²) in [6, 6.07) is 5.12. The van der Waals surface area contributed by atoms with Gasteiger partial charge >= 0.3 is 6.18 Å². The van der Waals surface area contributed by atoms with E-state index >= 15 is 0 Å². The van der Waals surface area contributed by atoms with Gasteiger partial charge in [0.1, 0.15) is 17.2 Å². The number of alkyl halides is 3. The van der Waals surface area contributed by atoms with Crippen LogP contribution >= 0.6 is 11.6 Å². The van der Waals surface area contributed by atoms with Crippen molar-refractivity contribution < 1.29 is 13.2 Å². The molecular weight excluding hydrogens is 327 g/mol. The fourth-order valence-corrected chi connectivity index (χ4v) is 2.51. The molecule has 0 saturated heterocycles. The maximum absolute atomic E-state index is 12.5. The lowest BCUT2D eigenvalue weighted by Gasteiger charge is -2.16. The first-order chi connectivity index (χ1) is 10.8. The van der Waals surface area contributed by atoms with E-state index < -0.39 is 11.7 Å². The Balaban J connectivity index is 2.04. The summed E-state index contributed by atoms with van der Waals surface area (Å²) < 4.78 is 37.6. The minimum absolute atomic E-state index is 0.0381. The van der Waals surface area contributed by atoms with Crippen molar-refractivity contribution in [2.24, 2.45) is 0 Å². The van der Waals surface area contributed by atoms with Crippen LogP contribution in [0.4, 0.5) is 19.0 Å². The van der Waals surface area contributed by atoms with E-state index in [1.165, 1.54) is 18.5 Å². The smallest absolute Gasteiger partial charge is 0.366 e. The second-order valence-corrected chi connectivity index (χ2v) is 5.66. The summed E-state index contributed by atoms with van der Waals surface area (Å²) in [6.45, 7) is 3.87. The number of anilines is 1.